The van der Waals surface area contributed by atoms with Crippen molar-refractivity contribution in [2.45, 2.75) is 49.3 Å². The highest BCUT2D eigenvalue weighted by molar-refractivity contribution is 7.89. The van der Waals surface area contributed by atoms with Crippen molar-refractivity contribution in [3.63, 3.8) is 0 Å². The largest absolute Gasteiger partial charge is 0.370 e. The van der Waals surface area contributed by atoms with Crippen LogP contribution in [0.1, 0.15) is 50.0 Å². The average molecular weight is 380 g/mol. The summed E-state index contributed by atoms with van der Waals surface area (Å²) in [6.07, 6.45) is 6.58. The number of primary amides is 1. The molecule has 0 radical (unpaired) electrons. The predicted molar refractivity (Wildman–Crippen MR) is 101 cm³/mol. The Morgan fingerprint density at radius 3 is 2.19 bits per heavy atom. The van der Waals surface area contributed by atoms with Gasteiger partial charge >= 0.3 is 0 Å². The molecule has 7 heteroatoms. The molecule has 1 saturated heterocycles. The topological polar surface area (TPSA) is 83.7 Å². The minimum Gasteiger partial charge on any atom is -0.370 e. The Morgan fingerprint density at radius 1 is 1.00 bits per heavy atom. The van der Waals surface area contributed by atoms with Gasteiger partial charge in [0.1, 0.15) is 0 Å². The second kappa shape index (κ2) is 8.50. The molecule has 1 amide bonds. The van der Waals surface area contributed by atoms with Gasteiger partial charge in [-0.15, -0.1) is 0 Å². The maximum absolute atomic E-state index is 12.9. The van der Waals surface area contributed by atoms with Gasteiger partial charge in [-0.2, -0.15) is 4.31 Å². The summed E-state index contributed by atoms with van der Waals surface area (Å²) in [6.45, 7) is 2.76. The van der Waals surface area contributed by atoms with Gasteiger partial charge in [-0.05, 0) is 36.5 Å². The fourth-order valence-electron chi connectivity index (χ4n) is 3.96. The van der Waals surface area contributed by atoms with Crippen molar-refractivity contribution < 1.29 is 13.2 Å². The van der Waals surface area contributed by atoms with Crippen LogP contribution in [0.4, 0.5) is 0 Å². The molecule has 1 aliphatic heterocycles. The zero-order valence-corrected chi connectivity index (χ0v) is 16.1. The molecule has 0 bridgehead atoms. The first-order valence-corrected chi connectivity index (χ1v) is 11.0. The highest BCUT2D eigenvalue weighted by Gasteiger charge is 2.28. The molecule has 6 nitrogen and oxygen atoms in total. The molecule has 1 aliphatic carbocycles. The number of amides is 1. The van der Waals surface area contributed by atoms with Gasteiger partial charge in [0.2, 0.25) is 15.9 Å². The van der Waals surface area contributed by atoms with Gasteiger partial charge in [-0.25, -0.2) is 8.42 Å². The first-order chi connectivity index (χ1) is 12.5. The number of nitrogens with zero attached hydrogens (tertiary/aromatic N) is 2. The minimum absolute atomic E-state index is 0.315. The van der Waals surface area contributed by atoms with E-state index in [1.807, 2.05) is 12.1 Å². The summed E-state index contributed by atoms with van der Waals surface area (Å²) in [7, 11) is -3.45. The van der Waals surface area contributed by atoms with Crippen LogP contribution in [0.25, 0.3) is 0 Å². The molecule has 2 fully saturated rings. The van der Waals surface area contributed by atoms with E-state index in [1.165, 1.54) is 37.7 Å². The lowest BCUT2D eigenvalue weighted by Gasteiger charge is -2.33. The molecule has 1 heterocycles. The van der Waals surface area contributed by atoms with E-state index >= 15 is 0 Å². The van der Waals surface area contributed by atoms with E-state index in [2.05, 4.69) is 4.90 Å². The molecule has 2 aliphatic rings. The number of sulfonamides is 1. The zero-order valence-electron chi connectivity index (χ0n) is 15.3. The summed E-state index contributed by atoms with van der Waals surface area (Å²) in [6, 6.07) is 7.51. The van der Waals surface area contributed by atoms with E-state index in [-0.39, 0.29) is 5.91 Å². The molecule has 0 unspecified atom stereocenters. The third kappa shape index (κ3) is 4.64. The molecule has 1 aromatic carbocycles. The van der Waals surface area contributed by atoms with E-state index in [4.69, 9.17) is 5.73 Å². The van der Waals surface area contributed by atoms with Crippen LogP contribution < -0.4 is 5.73 Å². The van der Waals surface area contributed by atoms with Crippen molar-refractivity contribution >= 4 is 15.9 Å². The summed E-state index contributed by atoms with van der Waals surface area (Å²) in [5, 5.41) is 0. The van der Waals surface area contributed by atoms with Crippen LogP contribution in [0.15, 0.2) is 29.2 Å². The lowest BCUT2D eigenvalue weighted by molar-refractivity contribution is -0.118. The molecule has 2 N–H and O–H groups in total. The monoisotopic (exact) mass is 379 g/mol. The van der Waals surface area contributed by atoms with E-state index in [0.717, 1.165) is 0 Å². The Balaban J connectivity index is 1.60. The number of rotatable bonds is 6. The molecular weight excluding hydrogens is 350 g/mol. The predicted octanol–water partition coefficient (Wildman–Crippen LogP) is 1.92. The summed E-state index contributed by atoms with van der Waals surface area (Å²) < 4.78 is 27.3. The summed E-state index contributed by atoms with van der Waals surface area (Å²) in [4.78, 5) is 13.3. The van der Waals surface area contributed by atoms with E-state index in [1.54, 1.807) is 16.4 Å². The molecular formula is C19H29N3O3S. The van der Waals surface area contributed by atoms with Gasteiger partial charge in [-0.3, -0.25) is 4.79 Å². The second-order valence-electron chi connectivity index (χ2n) is 7.37. The maximum atomic E-state index is 12.9. The molecule has 144 valence electrons. The number of hydrogen-bond donors (Lipinski definition) is 1. The van der Waals surface area contributed by atoms with E-state index < -0.39 is 10.0 Å². The number of hydrogen-bond acceptors (Lipinski definition) is 4. The third-order valence-corrected chi connectivity index (χ3v) is 7.51. The molecule has 1 saturated carbocycles. The fourth-order valence-corrected chi connectivity index (χ4v) is 5.38. The number of piperazine rings is 1. The lowest BCUT2D eigenvalue weighted by atomic mass is 9.84. The van der Waals surface area contributed by atoms with Gasteiger partial charge < -0.3 is 10.6 Å². The number of carbonyl (C=O) groups excluding carboxylic acids is 1. The van der Waals surface area contributed by atoms with Gasteiger partial charge in [0.05, 0.1) is 4.90 Å². The molecule has 26 heavy (non-hydrogen) atoms. The van der Waals surface area contributed by atoms with Gasteiger partial charge in [0.25, 0.3) is 0 Å². The highest BCUT2D eigenvalue weighted by Crippen LogP contribution is 2.33. The summed E-state index contributed by atoms with van der Waals surface area (Å²) in [5.41, 5.74) is 6.44. The highest BCUT2D eigenvalue weighted by atomic mass is 32.2. The quantitative estimate of drug-likeness (QED) is 0.818. The Hall–Kier alpha value is -1.44. The first kappa shape index (κ1) is 19.3. The third-order valence-electron chi connectivity index (χ3n) is 5.60. The Morgan fingerprint density at radius 2 is 1.62 bits per heavy atom. The van der Waals surface area contributed by atoms with E-state index in [0.29, 0.717) is 50.0 Å². The van der Waals surface area contributed by atoms with Crippen LogP contribution in [-0.4, -0.2) is 56.3 Å². The van der Waals surface area contributed by atoms with Crippen LogP contribution in [0.2, 0.25) is 0 Å². The van der Waals surface area contributed by atoms with Crippen molar-refractivity contribution in [3.05, 3.63) is 29.8 Å². The molecule has 3 rings (SSSR count). The number of benzene rings is 1. The van der Waals surface area contributed by atoms with Crippen LogP contribution in [0.3, 0.4) is 0 Å². The van der Waals surface area contributed by atoms with Crippen molar-refractivity contribution in [1.29, 1.82) is 0 Å². The average Bonchev–Trinajstić information content (AvgIpc) is 2.67. The van der Waals surface area contributed by atoms with Gasteiger partial charge in [0, 0.05) is 39.1 Å². The molecule has 0 spiro atoms. The summed E-state index contributed by atoms with van der Waals surface area (Å²) >= 11 is 0. The van der Waals surface area contributed by atoms with E-state index in [9.17, 15) is 13.2 Å². The minimum atomic E-state index is -3.45. The SMILES string of the molecule is NC(=O)CCN1CCN(S(=O)(=O)c2ccc(C3CCCCC3)cc2)CC1. The second-order valence-corrected chi connectivity index (χ2v) is 9.30. The summed E-state index contributed by atoms with van der Waals surface area (Å²) in [5.74, 6) is 0.257. The van der Waals surface area contributed by atoms with Crippen molar-refractivity contribution in [2.75, 3.05) is 32.7 Å². The van der Waals surface area contributed by atoms with Gasteiger partial charge in [0.15, 0.2) is 0 Å². The Bertz CT molecular complexity index is 704. The van der Waals surface area contributed by atoms with Crippen molar-refractivity contribution in [2.24, 2.45) is 5.73 Å². The normalized spacial score (nSPS) is 20.9. The van der Waals surface area contributed by atoms with Crippen LogP contribution >= 0.6 is 0 Å². The Kier molecular flexibility index (Phi) is 6.32. The van der Waals surface area contributed by atoms with Crippen LogP contribution in [-0.2, 0) is 14.8 Å². The van der Waals surface area contributed by atoms with Gasteiger partial charge in [-0.1, -0.05) is 31.4 Å². The smallest absolute Gasteiger partial charge is 0.243 e. The molecule has 1 aromatic rings. The number of nitrogens with two attached hydrogens (primary N) is 1. The number of carbonyl (C=O) groups is 1. The molecule has 0 atom stereocenters. The first-order valence-electron chi connectivity index (χ1n) is 9.57. The maximum Gasteiger partial charge on any atom is 0.243 e. The van der Waals surface area contributed by atoms with Crippen LogP contribution in [0, 0.1) is 0 Å². The molecule has 0 aromatic heterocycles. The lowest BCUT2D eigenvalue weighted by Crippen LogP contribution is -2.49. The Labute approximate surface area is 156 Å². The van der Waals surface area contributed by atoms with Crippen LogP contribution in [0.5, 0.6) is 0 Å². The van der Waals surface area contributed by atoms with Crippen molar-refractivity contribution in [1.82, 2.24) is 9.21 Å². The zero-order chi connectivity index (χ0) is 18.6. The standard InChI is InChI=1S/C19H29N3O3S/c20-19(23)10-11-21-12-14-22(15-13-21)26(24,25)18-8-6-17(7-9-18)16-4-2-1-3-5-16/h6-9,16H,1-5,10-15H2,(H2,20,23). The fraction of sp³-hybridized carbons (Fsp3) is 0.632. The van der Waals surface area contributed by atoms with Crippen molar-refractivity contribution in [3.8, 4) is 0 Å².